The van der Waals surface area contributed by atoms with E-state index < -0.39 is 5.97 Å². The van der Waals surface area contributed by atoms with Crippen LogP contribution in [-0.4, -0.2) is 36.0 Å². The van der Waals surface area contributed by atoms with Crippen molar-refractivity contribution in [1.82, 2.24) is 0 Å². The summed E-state index contributed by atoms with van der Waals surface area (Å²) in [6.45, 7) is 1.56. The molecule has 6 nitrogen and oxygen atoms in total. The van der Waals surface area contributed by atoms with E-state index >= 15 is 0 Å². The molecule has 1 saturated heterocycles. The van der Waals surface area contributed by atoms with Gasteiger partial charge in [-0.2, -0.15) is 10.4 Å². The number of ether oxygens (including phenoxy) is 1. The number of rotatable bonds is 3. The zero-order valence-electron chi connectivity index (χ0n) is 16.6. The van der Waals surface area contributed by atoms with E-state index in [-0.39, 0.29) is 6.04 Å². The molecular weight excluding hydrogens is 378 g/mol. The molecule has 5 rings (SSSR count). The molecule has 152 valence electrons. The first kappa shape index (κ1) is 18.8. The van der Waals surface area contributed by atoms with Gasteiger partial charge >= 0.3 is 5.97 Å². The maximum Gasteiger partial charge on any atom is 0.335 e. The van der Waals surface area contributed by atoms with E-state index in [0.29, 0.717) is 23.0 Å². The van der Waals surface area contributed by atoms with Crippen molar-refractivity contribution in [3.63, 3.8) is 0 Å². The van der Waals surface area contributed by atoms with Crippen molar-refractivity contribution in [3.05, 3.63) is 64.7 Å². The summed E-state index contributed by atoms with van der Waals surface area (Å²) in [6, 6.07) is 15.5. The number of hydrazone groups is 1. The van der Waals surface area contributed by atoms with E-state index in [4.69, 9.17) is 15.1 Å². The Kier molecular flexibility index (Phi) is 4.76. The summed E-state index contributed by atoms with van der Waals surface area (Å²) in [5.74, 6) is -0.0972. The van der Waals surface area contributed by atoms with E-state index in [1.807, 2.05) is 30.3 Å². The van der Waals surface area contributed by atoms with Crippen LogP contribution >= 0.6 is 0 Å². The summed E-state index contributed by atoms with van der Waals surface area (Å²) in [5, 5.41) is 25.7. The SMILES string of the molecule is N#Cc1ccc(N2N=C3c4ccc(C(=O)O)cc4CCC3C2C2CCOCC2)cc1. The van der Waals surface area contributed by atoms with E-state index in [9.17, 15) is 9.90 Å². The second-order valence-electron chi connectivity index (χ2n) is 8.25. The lowest BCUT2D eigenvalue weighted by Gasteiger charge is -2.37. The Bertz CT molecular complexity index is 1050. The van der Waals surface area contributed by atoms with Crippen molar-refractivity contribution in [2.75, 3.05) is 18.2 Å². The van der Waals surface area contributed by atoms with Gasteiger partial charge in [-0.1, -0.05) is 6.07 Å². The molecule has 30 heavy (non-hydrogen) atoms. The van der Waals surface area contributed by atoms with Crippen molar-refractivity contribution in [2.45, 2.75) is 31.7 Å². The van der Waals surface area contributed by atoms with Gasteiger partial charge in [0.1, 0.15) is 0 Å². The van der Waals surface area contributed by atoms with E-state index in [1.54, 1.807) is 12.1 Å². The van der Waals surface area contributed by atoms with Crippen LogP contribution in [0.1, 0.15) is 46.3 Å². The summed E-state index contributed by atoms with van der Waals surface area (Å²) < 4.78 is 5.61. The van der Waals surface area contributed by atoms with Gasteiger partial charge in [0.25, 0.3) is 0 Å². The molecule has 2 unspecified atom stereocenters. The van der Waals surface area contributed by atoms with E-state index in [0.717, 1.165) is 61.4 Å². The number of anilines is 1. The number of carboxylic acids is 1. The number of hydrogen-bond donors (Lipinski definition) is 1. The summed E-state index contributed by atoms with van der Waals surface area (Å²) in [6.07, 6.45) is 3.86. The van der Waals surface area contributed by atoms with Crippen LogP contribution in [0.25, 0.3) is 0 Å². The maximum absolute atomic E-state index is 11.4. The van der Waals surface area contributed by atoms with Gasteiger partial charge in [0, 0.05) is 24.7 Å². The highest BCUT2D eigenvalue weighted by atomic mass is 16.5. The third kappa shape index (κ3) is 3.16. The van der Waals surface area contributed by atoms with E-state index in [2.05, 4.69) is 11.1 Å². The van der Waals surface area contributed by atoms with Crippen LogP contribution in [0.5, 0.6) is 0 Å². The van der Waals surface area contributed by atoms with Crippen LogP contribution in [0, 0.1) is 23.2 Å². The Balaban J connectivity index is 1.56. The maximum atomic E-state index is 11.4. The van der Waals surface area contributed by atoms with Crippen LogP contribution in [0.4, 0.5) is 5.69 Å². The molecule has 0 spiro atoms. The lowest BCUT2D eigenvalue weighted by molar-refractivity contribution is 0.0543. The zero-order chi connectivity index (χ0) is 20.7. The van der Waals surface area contributed by atoms with E-state index in [1.165, 1.54) is 0 Å². The van der Waals surface area contributed by atoms with Crippen LogP contribution in [0.3, 0.4) is 0 Å². The number of nitrogens with zero attached hydrogens (tertiary/aromatic N) is 3. The topological polar surface area (TPSA) is 85.9 Å². The molecular formula is C24H23N3O3. The molecule has 2 aromatic carbocycles. The molecule has 0 bridgehead atoms. The number of carboxylic acid groups (broad SMARTS) is 1. The first-order valence-corrected chi connectivity index (χ1v) is 10.5. The minimum atomic E-state index is -0.896. The Hall–Kier alpha value is -3.17. The summed E-state index contributed by atoms with van der Waals surface area (Å²) in [4.78, 5) is 11.4. The fourth-order valence-corrected chi connectivity index (χ4v) is 5.15. The van der Waals surface area contributed by atoms with Gasteiger partial charge in [-0.25, -0.2) is 4.79 Å². The molecule has 0 amide bonds. The smallest absolute Gasteiger partial charge is 0.335 e. The van der Waals surface area contributed by atoms with Crippen LogP contribution < -0.4 is 5.01 Å². The molecule has 2 aliphatic heterocycles. The number of hydrogen-bond acceptors (Lipinski definition) is 5. The molecule has 2 atom stereocenters. The van der Waals surface area contributed by atoms with Crippen LogP contribution in [-0.2, 0) is 11.2 Å². The molecule has 1 aliphatic carbocycles. The van der Waals surface area contributed by atoms with Gasteiger partial charge < -0.3 is 9.84 Å². The predicted octanol–water partition coefficient (Wildman–Crippen LogP) is 3.84. The first-order chi connectivity index (χ1) is 14.7. The van der Waals surface area contributed by atoms with Crippen LogP contribution in [0.15, 0.2) is 47.6 Å². The van der Waals surface area contributed by atoms with Gasteiger partial charge in [0.15, 0.2) is 0 Å². The second-order valence-corrected chi connectivity index (χ2v) is 8.25. The Labute approximate surface area is 175 Å². The summed E-state index contributed by atoms with van der Waals surface area (Å²) in [5.41, 5.74) is 5.17. The monoisotopic (exact) mass is 401 g/mol. The van der Waals surface area contributed by atoms with Crippen LogP contribution in [0.2, 0.25) is 0 Å². The zero-order valence-corrected chi connectivity index (χ0v) is 16.6. The molecule has 0 radical (unpaired) electrons. The Morgan fingerprint density at radius 3 is 2.60 bits per heavy atom. The quantitative estimate of drug-likeness (QED) is 0.845. The molecule has 0 aromatic heterocycles. The number of benzene rings is 2. The minimum Gasteiger partial charge on any atom is -0.478 e. The minimum absolute atomic E-state index is 0.254. The lowest BCUT2D eigenvalue weighted by Crippen LogP contribution is -2.43. The first-order valence-electron chi connectivity index (χ1n) is 10.5. The second kappa shape index (κ2) is 7.58. The average Bonchev–Trinajstić information content (AvgIpc) is 3.19. The third-order valence-corrected chi connectivity index (χ3v) is 6.62. The third-order valence-electron chi connectivity index (χ3n) is 6.62. The standard InChI is InChI=1S/C24H23N3O3/c25-14-15-1-5-19(6-2-15)27-23(16-9-11-30-12-10-16)21-8-3-17-13-18(24(28)29)4-7-20(17)22(21)26-27/h1-2,4-7,13,16,21,23H,3,8-12H2,(H,28,29). The van der Waals surface area contributed by atoms with Crippen molar-refractivity contribution in [1.29, 1.82) is 5.26 Å². The average molecular weight is 401 g/mol. The fourth-order valence-electron chi connectivity index (χ4n) is 5.15. The predicted molar refractivity (Wildman–Crippen MR) is 113 cm³/mol. The Morgan fingerprint density at radius 2 is 1.90 bits per heavy atom. The van der Waals surface area contributed by atoms with Gasteiger partial charge in [-0.3, -0.25) is 5.01 Å². The van der Waals surface area contributed by atoms with Crippen molar-refractivity contribution in [2.24, 2.45) is 16.9 Å². The molecule has 2 aromatic rings. The molecule has 1 N–H and O–H groups in total. The number of fused-ring (bicyclic) bond motifs is 3. The summed E-state index contributed by atoms with van der Waals surface area (Å²) in [7, 11) is 0. The lowest BCUT2D eigenvalue weighted by atomic mass is 9.73. The number of nitriles is 1. The van der Waals surface area contributed by atoms with Gasteiger partial charge in [-0.05, 0) is 73.6 Å². The molecule has 1 fully saturated rings. The van der Waals surface area contributed by atoms with Gasteiger partial charge in [0.05, 0.1) is 34.6 Å². The Morgan fingerprint density at radius 1 is 1.13 bits per heavy atom. The van der Waals surface area contributed by atoms with Gasteiger partial charge in [-0.15, -0.1) is 0 Å². The molecule has 0 saturated carbocycles. The van der Waals surface area contributed by atoms with Crippen molar-refractivity contribution < 1.29 is 14.6 Å². The highest BCUT2D eigenvalue weighted by Crippen LogP contribution is 2.42. The largest absolute Gasteiger partial charge is 0.478 e. The normalized spacial score (nSPS) is 23.3. The summed E-state index contributed by atoms with van der Waals surface area (Å²) >= 11 is 0. The number of carbonyl (C=O) groups is 1. The molecule has 2 heterocycles. The highest BCUT2D eigenvalue weighted by Gasteiger charge is 2.45. The van der Waals surface area contributed by atoms with Crippen molar-refractivity contribution in [3.8, 4) is 6.07 Å². The fraction of sp³-hybridized carbons (Fsp3) is 0.375. The molecule has 6 heteroatoms. The highest BCUT2D eigenvalue weighted by molar-refractivity contribution is 6.07. The number of aromatic carboxylic acids is 1. The van der Waals surface area contributed by atoms with Gasteiger partial charge in [0.2, 0.25) is 0 Å². The number of aryl methyl sites for hydroxylation is 1. The van der Waals surface area contributed by atoms with Crippen molar-refractivity contribution >= 4 is 17.4 Å². The molecule has 3 aliphatic rings.